The molecule has 0 aromatic heterocycles. The normalized spacial score (nSPS) is 33.3. The van der Waals surface area contributed by atoms with Gasteiger partial charge >= 0.3 is 6.18 Å². The van der Waals surface area contributed by atoms with Gasteiger partial charge in [-0.25, -0.2) is 8.78 Å². The van der Waals surface area contributed by atoms with Crippen molar-refractivity contribution in [1.82, 2.24) is 20.0 Å². The summed E-state index contributed by atoms with van der Waals surface area (Å²) >= 11 is 0. The Kier molecular flexibility index (Phi) is 10.4. The zero-order valence-electron chi connectivity index (χ0n) is 26.6. The number of piperidine rings is 1. The van der Waals surface area contributed by atoms with Crippen LogP contribution in [0.25, 0.3) is 0 Å². The topological polar surface area (TPSA) is 88.5 Å². The van der Waals surface area contributed by atoms with Gasteiger partial charge in [-0.3, -0.25) is 24.4 Å². The number of halogens is 5. The molecule has 256 valence electrons. The van der Waals surface area contributed by atoms with Crippen LogP contribution in [0.5, 0.6) is 0 Å². The van der Waals surface area contributed by atoms with Crippen molar-refractivity contribution in [2.75, 3.05) is 39.3 Å². The van der Waals surface area contributed by atoms with Gasteiger partial charge in [-0.05, 0) is 51.5 Å². The fourth-order valence-corrected chi connectivity index (χ4v) is 7.87. The highest BCUT2D eigenvalue weighted by atomic mass is 19.4. The summed E-state index contributed by atoms with van der Waals surface area (Å²) in [5, 5.41) is 14.0. The van der Waals surface area contributed by atoms with Crippen molar-refractivity contribution in [3.8, 4) is 0 Å². The lowest BCUT2D eigenvalue weighted by Gasteiger charge is -2.42. The largest absolute Gasteiger partial charge is 0.416 e. The molecule has 8 nitrogen and oxygen atoms in total. The van der Waals surface area contributed by atoms with Crippen LogP contribution in [0.3, 0.4) is 0 Å². The Morgan fingerprint density at radius 2 is 1.74 bits per heavy atom. The lowest BCUT2D eigenvalue weighted by atomic mass is 9.77. The minimum Gasteiger partial charge on any atom is -0.384 e. The summed E-state index contributed by atoms with van der Waals surface area (Å²) in [5.41, 5.74) is -1.24. The lowest BCUT2D eigenvalue weighted by Crippen LogP contribution is -2.51. The number of aliphatic imine (C=N–C) groups is 1. The molecule has 4 aliphatic heterocycles. The number of alkyl halides is 5. The number of aliphatic hydroxyl groups is 1. The maximum absolute atomic E-state index is 13.6. The van der Waals surface area contributed by atoms with Gasteiger partial charge in [-0.15, -0.1) is 0 Å². The van der Waals surface area contributed by atoms with Gasteiger partial charge in [0, 0.05) is 63.2 Å². The second-order valence-corrected chi connectivity index (χ2v) is 13.5. The van der Waals surface area contributed by atoms with E-state index in [0.29, 0.717) is 44.7 Å². The fourth-order valence-electron chi connectivity index (χ4n) is 7.87. The highest BCUT2D eigenvalue weighted by Crippen LogP contribution is 2.40. The van der Waals surface area contributed by atoms with Crippen molar-refractivity contribution in [3.63, 3.8) is 0 Å². The zero-order chi connectivity index (χ0) is 33.3. The molecule has 5 aliphatic rings. The van der Waals surface area contributed by atoms with Gasteiger partial charge in [0.15, 0.2) is 0 Å². The van der Waals surface area contributed by atoms with E-state index in [2.05, 4.69) is 10.2 Å². The molecule has 0 aromatic carbocycles. The van der Waals surface area contributed by atoms with Gasteiger partial charge in [-0.2, -0.15) is 13.2 Å². The first-order valence-electron chi connectivity index (χ1n) is 16.5. The molecular weight excluding hydrogens is 609 g/mol. The number of hydrogen-bond acceptors (Lipinski definition) is 6. The summed E-state index contributed by atoms with van der Waals surface area (Å²) in [4.78, 5) is 36.6. The maximum Gasteiger partial charge on any atom is 0.416 e. The van der Waals surface area contributed by atoms with Gasteiger partial charge in [0.2, 0.25) is 11.8 Å². The van der Waals surface area contributed by atoms with Crippen LogP contribution < -0.4 is 5.32 Å². The number of dihydropyridines is 1. The second kappa shape index (κ2) is 13.8. The Morgan fingerprint density at radius 1 is 1.07 bits per heavy atom. The summed E-state index contributed by atoms with van der Waals surface area (Å²) in [6.45, 7) is 5.12. The SMILES string of the molecule is C/C=C\C(=C/C(C)C(=O)NCC(=O)N1CCC2C1CCN2C1CCC(O)(C2=NCC(N3CCC(F)(F)CC3)C=C2)CC1)C(F)(F)F. The van der Waals surface area contributed by atoms with E-state index in [1.807, 2.05) is 17.1 Å². The van der Waals surface area contributed by atoms with Crippen molar-refractivity contribution >= 4 is 17.5 Å². The smallest absolute Gasteiger partial charge is 0.384 e. The summed E-state index contributed by atoms with van der Waals surface area (Å²) < 4.78 is 66.7. The Hall–Kier alpha value is -2.64. The monoisotopic (exact) mass is 655 g/mol. The average molecular weight is 656 g/mol. The highest BCUT2D eigenvalue weighted by Gasteiger charge is 2.48. The molecule has 3 saturated heterocycles. The Bertz CT molecular complexity index is 1250. The van der Waals surface area contributed by atoms with Crippen molar-refractivity contribution < 1.29 is 36.6 Å². The Morgan fingerprint density at radius 3 is 2.35 bits per heavy atom. The van der Waals surface area contributed by atoms with E-state index in [9.17, 15) is 36.6 Å². The molecule has 4 fully saturated rings. The van der Waals surface area contributed by atoms with Crippen LogP contribution in [-0.2, 0) is 9.59 Å². The molecule has 0 radical (unpaired) electrons. The summed E-state index contributed by atoms with van der Waals surface area (Å²) in [6, 6.07) is 0.464. The number of carbonyl (C=O) groups is 2. The number of amides is 2. The number of allylic oxidation sites excluding steroid dienone is 3. The molecule has 46 heavy (non-hydrogen) atoms. The predicted molar refractivity (Wildman–Crippen MR) is 165 cm³/mol. The maximum atomic E-state index is 13.6. The first-order valence-corrected chi connectivity index (χ1v) is 16.5. The van der Waals surface area contributed by atoms with E-state index in [1.54, 1.807) is 4.90 Å². The van der Waals surface area contributed by atoms with E-state index < -0.39 is 35.1 Å². The van der Waals surface area contributed by atoms with E-state index >= 15 is 0 Å². The standard InChI is InChI=1S/C33H46F5N5O3/c1-3-4-23(33(36,37)38)19-22(2)30(45)40-21-29(44)43-16-10-26-27(43)9-15-42(26)24-7-11-31(46,12-8-24)28-6-5-25(20-39-28)41-17-13-32(34,35)14-18-41/h3-6,19,22,24-27,46H,7-18,20-21H2,1-2H3,(H,40,45)/b4-3-,23-19+. The molecule has 2 amide bonds. The van der Waals surface area contributed by atoms with E-state index in [-0.39, 0.29) is 49.5 Å². The number of nitrogens with zero attached hydrogens (tertiary/aromatic N) is 4. The molecule has 4 atom stereocenters. The summed E-state index contributed by atoms with van der Waals surface area (Å²) in [5.74, 6) is -4.52. The minimum absolute atomic E-state index is 0.0198. The third-order valence-electron chi connectivity index (χ3n) is 10.5. The van der Waals surface area contributed by atoms with Crippen molar-refractivity contribution in [2.24, 2.45) is 10.9 Å². The van der Waals surface area contributed by atoms with E-state index in [0.717, 1.165) is 44.4 Å². The number of likely N-dealkylation sites (tertiary alicyclic amines) is 3. The van der Waals surface area contributed by atoms with Gasteiger partial charge < -0.3 is 15.3 Å². The van der Waals surface area contributed by atoms with Crippen LogP contribution in [0.15, 0.2) is 40.9 Å². The molecule has 13 heteroatoms. The molecular formula is C33H46F5N5O3. The van der Waals surface area contributed by atoms with Gasteiger partial charge in [0.1, 0.15) is 5.60 Å². The number of rotatable bonds is 8. The van der Waals surface area contributed by atoms with Crippen LogP contribution in [0, 0.1) is 5.92 Å². The quantitative estimate of drug-likeness (QED) is 0.302. The molecule has 1 aliphatic carbocycles. The molecule has 0 aromatic rings. The third kappa shape index (κ3) is 7.73. The van der Waals surface area contributed by atoms with E-state index in [1.165, 1.54) is 19.9 Å². The molecule has 4 unspecified atom stereocenters. The summed E-state index contributed by atoms with van der Waals surface area (Å²) in [6.07, 6.45) is 6.41. The fraction of sp³-hybridized carbons (Fsp3) is 0.727. The minimum atomic E-state index is -4.57. The highest BCUT2D eigenvalue weighted by molar-refractivity contribution is 6.02. The molecule has 0 bridgehead atoms. The van der Waals surface area contributed by atoms with Crippen molar-refractivity contribution in [1.29, 1.82) is 0 Å². The van der Waals surface area contributed by atoms with Crippen LogP contribution >= 0.6 is 0 Å². The Balaban J connectivity index is 1.08. The van der Waals surface area contributed by atoms with Crippen LogP contribution in [-0.4, -0.2) is 118 Å². The molecule has 2 N–H and O–H groups in total. The van der Waals surface area contributed by atoms with Crippen LogP contribution in [0.2, 0.25) is 0 Å². The van der Waals surface area contributed by atoms with Crippen LogP contribution in [0.4, 0.5) is 22.0 Å². The van der Waals surface area contributed by atoms with E-state index in [4.69, 9.17) is 4.99 Å². The van der Waals surface area contributed by atoms with Crippen molar-refractivity contribution in [2.45, 2.75) is 107 Å². The number of nitrogens with one attached hydrogen (secondary N) is 1. The van der Waals surface area contributed by atoms with Crippen LogP contribution in [0.1, 0.15) is 65.2 Å². The molecule has 5 rings (SSSR count). The predicted octanol–water partition coefficient (Wildman–Crippen LogP) is 4.26. The second-order valence-electron chi connectivity index (χ2n) is 13.5. The lowest BCUT2D eigenvalue weighted by molar-refractivity contribution is -0.134. The molecule has 4 heterocycles. The number of carbonyl (C=O) groups excluding carboxylic acids is 2. The first-order chi connectivity index (χ1) is 21.7. The third-order valence-corrected chi connectivity index (χ3v) is 10.5. The van der Waals surface area contributed by atoms with Gasteiger partial charge in [-0.1, -0.05) is 31.2 Å². The Labute approximate surface area is 267 Å². The molecule has 0 spiro atoms. The summed E-state index contributed by atoms with van der Waals surface area (Å²) in [7, 11) is 0. The molecule has 1 saturated carbocycles. The number of fused-ring (bicyclic) bond motifs is 1. The zero-order valence-corrected chi connectivity index (χ0v) is 26.6. The van der Waals surface area contributed by atoms with Gasteiger partial charge in [0.05, 0.1) is 30.3 Å². The van der Waals surface area contributed by atoms with Crippen molar-refractivity contribution in [3.05, 3.63) is 36.0 Å². The number of hydrogen-bond donors (Lipinski definition) is 2. The average Bonchev–Trinajstić information content (AvgIpc) is 3.62. The van der Waals surface area contributed by atoms with Gasteiger partial charge in [0.25, 0.3) is 5.92 Å². The first kappa shape index (κ1) is 34.7.